The molecular formula is C19H25ClN2O4. The van der Waals surface area contributed by atoms with Crippen molar-refractivity contribution < 1.29 is 18.7 Å². The van der Waals surface area contributed by atoms with Crippen LogP contribution in [-0.4, -0.2) is 31.2 Å². The van der Waals surface area contributed by atoms with Crippen molar-refractivity contribution in [2.45, 2.75) is 40.2 Å². The first-order chi connectivity index (χ1) is 12.3. The number of furan rings is 1. The van der Waals surface area contributed by atoms with E-state index in [4.69, 9.17) is 20.8 Å². The lowest BCUT2D eigenvalue weighted by atomic mass is 10.0. The van der Waals surface area contributed by atoms with Crippen molar-refractivity contribution in [2.75, 3.05) is 13.2 Å². The van der Waals surface area contributed by atoms with Crippen molar-refractivity contribution in [3.8, 4) is 0 Å². The van der Waals surface area contributed by atoms with Crippen LogP contribution in [0.1, 0.15) is 43.3 Å². The Balaban J connectivity index is 2.07. The van der Waals surface area contributed by atoms with Gasteiger partial charge in [-0.05, 0) is 44.4 Å². The molecule has 0 spiro atoms. The van der Waals surface area contributed by atoms with E-state index in [0.29, 0.717) is 29.6 Å². The maximum absolute atomic E-state index is 12.5. The van der Waals surface area contributed by atoms with E-state index in [1.807, 2.05) is 6.92 Å². The van der Waals surface area contributed by atoms with Crippen molar-refractivity contribution in [1.82, 2.24) is 10.6 Å². The molecule has 0 aliphatic heterocycles. The first-order valence-electron chi connectivity index (χ1n) is 8.72. The Morgan fingerprint density at radius 1 is 1.31 bits per heavy atom. The van der Waals surface area contributed by atoms with E-state index in [0.717, 1.165) is 10.9 Å². The first-order valence-corrected chi connectivity index (χ1v) is 9.09. The molecule has 0 saturated carbocycles. The van der Waals surface area contributed by atoms with E-state index in [2.05, 4.69) is 24.5 Å². The summed E-state index contributed by atoms with van der Waals surface area (Å²) >= 11 is 6.01. The molecule has 0 saturated heterocycles. The molecule has 2 aromatic rings. The Hall–Kier alpha value is -2.21. The quantitative estimate of drug-likeness (QED) is 0.751. The molecule has 26 heavy (non-hydrogen) atoms. The van der Waals surface area contributed by atoms with Gasteiger partial charge in [0.15, 0.2) is 5.76 Å². The maximum Gasteiger partial charge on any atom is 0.407 e. The minimum absolute atomic E-state index is 0.225. The van der Waals surface area contributed by atoms with Crippen molar-refractivity contribution in [2.24, 2.45) is 5.92 Å². The van der Waals surface area contributed by atoms with Crippen LogP contribution in [-0.2, 0) is 4.74 Å². The monoisotopic (exact) mass is 380 g/mol. The predicted octanol–water partition coefficient (Wildman–Crippen LogP) is 4.29. The van der Waals surface area contributed by atoms with Crippen molar-refractivity contribution in [3.05, 3.63) is 34.5 Å². The number of hydrogen-bond acceptors (Lipinski definition) is 4. The highest BCUT2D eigenvalue weighted by atomic mass is 35.5. The number of amides is 2. The fraction of sp³-hybridized carbons (Fsp3) is 0.474. The molecule has 142 valence electrons. The molecule has 1 aromatic carbocycles. The zero-order valence-corrected chi connectivity index (χ0v) is 16.3. The molecule has 0 bridgehead atoms. The minimum atomic E-state index is -0.484. The maximum atomic E-state index is 12.5. The van der Waals surface area contributed by atoms with Gasteiger partial charge < -0.3 is 19.8 Å². The topological polar surface area (TPSA) is 80.6 Å². The number of nitrogens with one attached hydrogen (secondary N) is 2. The van der Waals surface area contributed by atoms with Crippen molar-refractivity contribution >= 4 is 34.6 Å². The van der Waals surface area contributed by atoms with Crippen LogP contribution in [0.3, 0.4) is 0 Å². The number of ether oxygens (including phenoxy) is 1. The number of benzene rings is 1. The summed E-state index contributed by atoms with van der Waals surface area (Å²) < 4.78 is 10.6. The number of carbonyl (C=O) groups excluding carboxylic acids is 2. The van der Waals surface area contributed by atoms with Gasteiger partial charge in [-0.15, -0.1) is 0 Å². The number of aryl methyl sites for hydroxylation is 1. The Kier molecular flexibility index (Phi) is 6.91. The van der Waals surface area contributed by atoms with Crippen LogP contribution < -0.4 is 10.6 Å². The Labute approximate surface area is 158 Å². The second-order valence-electron chi connectivity index (χ2n) is 6.60. The van der Waals surface area contributed by atoms with E-state index in [-0.39, 0.29) is 24.3 Å². The van der Waals surface area contributed by atoms with Gasteiger partial charge in [0.05, 0.1) is 6.61 Å². The third kappa shape index (κ3) is 5.14. The van der Waals surface area contributed by atoms with Crippen LogP contribution in [0, 0.1) is 12.8 Å². The van der Waals surface area contributed by atoms with Gasteiger partial charge in [0.2, 0.25) is 0 Å². The fourth-order valence-electron chi connectivity index (χ4n) is 2.81. The predicted molar refractivity (Wildman–Crippen MR) is 102 cm³/mol. The van der Waals surface area contributed by atoms with Gasteiger partial charge in [0, 0.05) is 28.6 Å². The molecule has 0 aliphatic carbocycles. The molecule has 2 N–H and O–H groups in total. The van der Waals surface area contributed by atoms with Gasteiger partial charge >= 0.3 is 6.09 Å². The minimum Gasteiger partial charge on any atom is -0.451 e. The van der Waals surface area contributed by atoms with E-state index in [9.17, 15) is 9.59 Å². The van der Waals surface area contributed by atoms with Gasteiger partial charge in [-0.2, -0.15) is 0 Å². The summed E-state index contributed by atoms with van der Waals surface area (Å²) in [4.78, 5) is 24.2. The summed E-state index contributed by atoms with van der Waals surface area (Å²) in [6.45, 7) is 8.25. The normalized spacial score (nSPS) is 12.2. The smallest absolute Gasteiger partial charge is 0.407 e. The number of fused-ring (bicyclic) bond motifs is 1. The summed E-state index contributed by atoms with van der Waals surface area (Å²) in [6.07, 6.45) is 0.232. The van der Waals surface area contributed by atoms with E-state index in [1.54, 1.807) is 25.1 Å². The summed E-state index contributed by atoms with van der Waals surface area (Å²) in [7, 11) is 0. The molecule has 2 rings (SSSR count). The number of carbonyl (C=O) groups is 2. The van der Waals surface area contributed by atoms with Crippen LogP contribution in [0.4, 0.5) is 4.79 Å². The van der Waals surface area contributed by atoms with Crippen LogP contribution in [0.25, 0.3) is 11.0 Å². The lowest BCUT2D eigenvalue weighted by Gasteiger charge is -2.20. The largest absolute Gasteiger partial charge is 0.451 e. The molecule has 0 aliphatic rings. The fourth-order valence-corrected chi connectivity index (χ4v) is 2.98. The lowest BCUT2D eigenvalue weighted by molar-refractivity contribution is 0.0918. The molecule has 0 radical (unpaired) electrons. The van der Waals surface area contributed by atoms with E-state index < -0.39 is 6.09 Å². The highest BCUT2D eigenvalue weighted by Gasteiger charge is 2.20. The standard InChI is InChI=1S/C19H25ClN2O4/c1-5-25-19(24)22-14(8-11(2)3)10-21-18(23)17-12(4)15-9-13(20)6-7-16(15)26-17/h6-7,9,11,14H,5,8,10H2,1-4H3,(H,21,23)(H,22,24). The molecule has 1 aromatic heterocycles. The van der Waals surface area contributed by atoms with Gasteiger partial charge in [0.25, 0.3) is 5.91 Å². The van der Waals surface area contributed by atoms with E-state index >= 15 is 0 Å². The third-order valence-electron chi connectivity index (χ3n) is 3.97. The number of halogens is 1. The number of rotatable bonds is 7. The Morgan fingerprint density at radius 3 is 2.69 bits per heavy atom. The summed E-state index contributed by atoms with van der Waals surface area (Å²) in [6, 6.07) is 5.01. The molecule has 2 amide bonds. The van der Waals surface area contributed by atoms with Crippen molar-refractivity contribution in [3.63, 3.8) is 0 Å². The average Bonchev–Trinajstić information content (AvgIpc) is 2.89. The van der Waals surface area contributed by atoms with Gasteiger partial charge in [-0.25, -0.2) is 4.79 Å². The average molecular weight is 381 g/mol. The first kappa shape index (κ1) is 20.1. The van der Waals surface area contributed by atoms with Crippen LogP contribution >= 0.6 is 11.6 Å². The van der Waals surface area contributed by atoms with E-state index in [1.165, 1.54) is 0 Å². The second-order valence-corrected chi connectivity index (χ2v) is 7.03. The SMILES string of the molecule is CCOC(=O)NC(CNC(=O)c1oc2ccc(Cl)cc2c1C)CC(C)C. The van der Waals surface area contributed by atoms with Gasteiger partial charge in [-0.1, -0.05) is 25.4 Å². The third-order valence-corrected chi connectivity index (χ3v) is 4.20. The zero-order chi connectivity index (χ0) is 19.3. The van der Waals surface area contributed by atoms with Gasteiger partial charge in [0.1, 0.15) is 5.58 Å². The molecule has 7 heteroatoms. The zero-order valence-electron chi connectivity index (χ0n) is 15.5. The highest BCUT2D eigenvalue weighted by Crippen LogP contribution is 2.27. The molecule has 1 unspecified atom stereocenters. The van der Waals surface area contributed by atoms with Crippen molar-refractivity contribution in [1.29, 1.82) is 0 Å². The lowest BCUT2D eigenvalue weighted by Crippen LogP contribution is -2.44. The van der Waals surface area contributed by atoms with Crippen LogP contribution in [0.5, 0.6) is 0 Å². The summed E-state index contributed by atoms with van der Waals surface area (Å²) in [5, 5.41) is 7.01. The van der Waals surface area contributed by atoms with Crippen LogP contribution in [0.2, 0.25) is 5.02 Å². The summed E-state index contributed by atoms with van der Waals surface area (Å²) in [5.74, 6) is 0.282. The highest BCUT2D eigenvalue weighted by molar-refractivity contribution is 6.31. The molecule has 1 heterocycles. The Bertz CT molecular complexity index is 785. The molecule has 0 fully saturated rings. The second kappa shape index (κ2) is 8.94. The van der Waals surface area contributed by atoms with Gasteiger partial charge in [-0.3, -0.25) is 4.79 Å². The van der Waals surface area contributed by atoms with Crippen LogP contribution in [0.15, 0.2) is 22.6 Å². The number of alkyl carbamates (subject to hydrolysis) is 1. The molecule has 1 atom stereocenters. The Morgan fingerprint density at radius 2 is 2.04 bits per heavy atom. The molecular weight excluding hydrogens is 356 g/mol. The summed E-state index contributed by atoms with van der Waals surface area (Å²) in [5.41, 5.74) is 1.35. The number of hydrogen-bond donors (Lipinski definition) is 2. The molecule has 6 nitrogen and oxygen atoms in total.